The first-order valence-corrected chi connectivity index (χ1v) is 11.8. The molecule has 0 heterocycles. The Labute approximate surface area is 217 Å². The summed E-state index contributed by atoms with van der Waals surface area (Å²) in [6, 6.07) is 13.8. The van der Waals surface area contributed by atoms with Crippen molar-refractivity contribution in [1.29, 1.82) is 0 Å². The zero-order valence-corrected chi connectivity index (χ0v) is 21.6. The second-order valence-electron chi connectivity index (χ2n) is 9.53. The number of nitrogens with two attached hydrogens (primary N) is 1. The smallest absolute Gasteiger partial charge is 0.408 e. The van der Waals surface area contributed by atoms with E-state index in [1.165, 1.54) is 11.9 Å². The number of benzene rings is 2. The molecule has 0 fully saturated rings. The molecule has 0 aliphatic carbocycles. The molecule has 9 nitrogen and oxygen atoms in total. The molecule has 9 heteroatoms. The first-order chi connectivity index (χ1) is 17.4. The number of ether oxygens (including phenoxy) is 1. The van der Waals surface area contributed by atoms with Crippen LogP contribution in [0.3, 0.4) is 0 Å². The Bertz CT molecular complexity index is 1130. The van der Waals surface area contributed by atoms with Crippen LogP contribution in [0.1, 0.15) is 56.3 Å². The average molecular weight is 507 g/mol. The second-order valence-corrected chi connectivity index (χ2v) is 9.53. The van der Waals surface area contributed by atoms with Gasteiger partial charge in [0.05, 0.1) is 0 Å². The van der Waals surface area contributed by atoms with Gasteiger partial charge in [0.2, 0.25) is 17.7 Å². The van der Waals surface area contributed by atoms with Gasteiger partial charge >= 0.3 is 6.09 Å². The van der Waals surface area contributed by atoms with Gasteiger partial charge in [-0.25, -0.2) is 4.79 Å². The molecule has 2 atom stereocenters. The van der Waals surface area contributed by atoms with Crippen LogP contribution in [0.4, 0.5) is 4.79 Å². The van der Waals surface area contributed by atoms with Gasteiger partial charge in [0, 0.05) is 25.6 Å². The molecular weight excluding hydrogens is 472 g/mol. The lowest BCUT2D eigenvalue weighted by Gasteiger charge is -2.31. The van der Waals surface area contributed by atoms with Crippen LogP contribution in [0.15, 0.2) is 54.6 Å². The van der Waals surface area contributed by atoms with Crippen molar-refractivity contribution in [1.82, 2.24) is 15.5 Å². The summed E-state index contributed by atoms with van der Waals surface area (Å²) in [4.78, 5) is 52.0. The minimum atomic E-state index is -1.15. The number of rotatable bonds is 10. The molecule has 0 bridgehead atoms. The van der Waals surface area contributed by atoms with Crippen molar-refractivity contribution in [2.45, 2.75) is 57.8 Å². The van der Waals surface area contributed by atoms with E-state index in [4.69, 9.17) is 16.9 Å². The average Bonchev–Trinajstić information content (AvgIpc) is 2.84. The molecule has 2 rings (SSSR count). The summed E-state index contributed by atoms with van der Waals surface area (Å²) in [5, 5.41) is 5.38. The highest BCUT2D eigenvalue weighted by molar-refractivity contribution is 5.92. The van der Waals surface area contributed by atoms with E-state index in [0.29, 0.717) is 11.1 Å². The standard InChI is InChI=1S/C28H34N4O5/c1-6-19-12-14-21(15-13-19)24(25(34)30-18-20-10-8-7-9-11-20)32(5)26(35)22(16-17-23(29)33)31-27(36)37-28(2,3)4/h1,7-15,22,24H,16-18H2,2-5H3,(H2,29,33)(H,30,34)(H,31,36). The zero-order chi connectivity index (χ0) is 27.6. The lowest BCUT2D eigenvalue weighted by Crippen LogP contribution is -2.51. The number of amides is 4. The van der Waals surface area contributed by atoms with E-state index in [1.807, 2.05) is 30.3 Å². The fourth-order valence-electron chi connectivity index (χ4n) is 3.56. The molecule has 2 aromatic rings. The van der Waals surface area contributed by atoms with Crippen molar-refractivity contribution >= 4 is 23.8 Å². The van der Waals surface area contributed by atoms with Crippen LogP contribution < -0.4 is 16.4 Å². The lowest BCUT2D eigenvalue weighted by atomic mass is 10.0. The van der Waals surface area contributed by atoms with E-state index in [2.05, 4.69) is 16.6 Å². The highest BCUT2D eigenvalue weighted by atomic mass is 16.6. The molecule has 37 heavy (non-hydrogen) atoms. The molecule has 0 aliphatic heterocycles. The second kappa shape index (κ2) is 13.1. The van der Waals surface area contributed by atoms with E-state index < -0.39 is 41.5 Å². The zero-order valence-electron chi connectivity index (χ0n) is 21.6. The lowest BCUT2D eigenvalue weighted by molar-refractivity contribution is -0.141. The minimum Gasteiger partial charge on any atom is -0.444 e. The number of carbonyl (C=O) groups is 4. The predicted octanol–water partition coefficient (Wildman–Crippen LogP) is 2.64. The van der Waals surface area contributed by atoms with Gasteiger partial charge in [-0.1, -0.05) is 48.4 Å². The van der Waals surface area contributed by atoms with Crippen LogP contribution in [0.2, 0.25) is 0 Å². The maximum atomic E-state index is 13.6. The van der Waals surface area contributed by atoms with Crippen LogP contribution in [0.5, 0.6) is 0 Å². The molecule has 2 unspecified atom stereocenters. The van der Waals surface area contributed by atoms with Gasteiger partial charge in [0.25, 0.3) is 0 Å². The summed E-state index contributed by atoms with van der Waals surface area (Å²) in [7, 11) is 1.46. The molecule has 0 spiro atoms. The van der Waals surface area contributed by atoms with E-state index in [1.54, 1.807) is 45.0 Å². The number of nitrogens with zero attached hydrogens (tertiary/aromatic N) is 1. The first-order valence-electron chi connectivity index (χ1n) is 11.8. The van der Waals surface area contributed by atoms with Crippen LogP contribution in [0, 0.1) is 12.3 Å². The molecular formula is C28H34N4O5. The van der Waals surface area contributed by atoms with Crippen molar-refractivity contribution < 1.29 is 23.9 Å². The SMILES string of the molecule is C#Cc1ccc(C(C(=O)NCc2ccccc2)N(C)C(=O)C(CCC(N)=O)NC(=O)OC(C)(C)C)cc1. The number of hydrogen-bond acceptors (Lipinski definition) is 5. The normalized spacial score (nSPS) is 12.4. The van der Waals surface area contributed by atoms with Crippen LogP contribution in [0.25, 0.3) is 0 Å². The summed E-state index contributed by atoms with van der Waals surface area (Å²) in [5.41, 5.74) is 6.51. The van der Waals surface area contributed by atoms with Gasteiger partial charge in [0.15, 0.2) is 0 Å². The van der Waals surface area contributed by atoms with E-state index in [-0.39, 0.29) is 19.4 Å². The van der Waals surface area contributed by atoms with E-state index in [9.17, 15) is 19.2 Å². The number of hydrogen-bond donors (Lipinski definition) is 3. The largest absolute Gasteiger partial charge is 0.444 e. The van der Waals surface area contributed by atoms with E-state index >= 15 is 0 Å². The van der Waals surface area contributed by atoms with Crippen molar-refractivity contribution in [3.8, 4) is 12.3 Å². The van der Waals surface area contributed by atoms with Gasteiger partial charge in [-0.3, -0.25) is 14.4 Å². The highest BCUT2D eigenvalue weighted by Gasteiger charge is 2.34. The topological polar surface area (TPSA) is 131 Å². The maximum absolute atomic E-state index is 13.6. The molecule has 0 saturated carbocycles. The number of terminal acetylenes is 1. The fraction of sp³-hybridized carbons (Fsp3) is 0.357. The number of carbonyl (C=O) groups excluding carboxylic acids is 4. The molecule has 2 aromatic carbocycles. The Kier molecular flexibility index (Phi) is 10.3. The summed E-state index contributed by atoms with van der Waals surface area (Å²) in [5.74, 6) is 0.868. The van der Waals surface area contributed by atoms with Crippen LogP contribution >= 0.6 is 0 Å². The van der Waals surface area contributed by atoms with Crippen molar-refractivity contribution in [2.24, 2.45) is 5.73 Å². The first kappa shape index (κ1) is 28.9. The van der Waals surface area contributed by atoms with Gasteiger partial charge in [-0.2, -0.15) is 0 Å². The molecule has 0 aliphatic rings. The quantitative estimate of drug-likeness (QED) is 0.427. The fourth-order valence-corrected chi connectivity index (χ4v) is 3.56. The summed E-state index contributed by atoms with van der Waals surface area (Å²) >= 11 is 0. The Morgan fingerprint density at radius 1 is 1.05 bits per heavy atom. The van der Waals surface area contributed by atoms with Crippen LogP contribution in [-0.2, 0) is 25.7 Å². The van der Waals surface area contributed by atoms with Gasteiger partial charge in [-0.15, -0.1) is 6.42 Å². The Morgan fingerprint density at radius 3 is 2.22 bits per heavy atom. The monoisotopic (exact) mass is 506 g/mol. The number of nitrogens with one attached hydrogen (secondary N) is 2. The Balaban J connectivity index is 2.33. The van der Waals surface area contributed by atoms with Crippen molar-refractivity contribution in [3.05, 3.63) is 71.3 Å². The van der Waals surface area contributed by atoms with Gasteiger partial charge < -0.3 is 26.0 Å². The third-order valence-corrected chi connectivity index (χ3v) is 5.35. The Hall–Kier alpha value is -4.32. The number of primary amides is 1. The molecule has 0 aromatic heterocycles. The minimum absolute atomic E-state index is 0.0634. The molecule has 196 valence electrons. The molecule has 0 saturated heterocycles. The summed E-state index contributed by atoms with van der Waals surface area (Å²) in [6.07, 6.45) is 4.42. The third-order valence-electron chi connectivity index (χ3n) is 5.35. The summed E-state index contributed by atoms with van der Waals surface area (Å²) < 4.78 is 5.28. The predicted molar refractivity (Wildman–Crippen MR) is 140 cm³/mol. The van der Waals surface area contributed by atoms with Gasteiger partial charge in [-0.05, 0) is 50.5 Å². The number of likely N-dealkylation sites (N-methyl/N-ethyl adjacent to an activating group) is 1. The third kappa shape index (κ3) is 9.33. The number of alkyl carbamates (subject to hydrolysis) is 1. The summed E-state index contributed by atoms with van der Waals surface area (Å²) in [6.45, 7) is 5.31. The highest BCUT2D eigenvalue weighted by Crippen LogP contribution is 2.22. The molecule has 4 amide bonds. The van der Waals surface area contributed by atoms with Crippen LogP contribution in [-0.4, -0.2) is 47.4 Å². The Morgan fingerprint density at radius 2 is 1.68 bits per heavy atom. The van der Waals surface area contributed by atoms with E-state index in [0.717, 1.165) is 5.56 Å². The van der Waals surface area contributed by atoms with Crippen molar-refractivity contribution in [3.63, 3.8) is 0 Å². The molecule has 0 radical (unpaired) electrons. The maximum Gasteiger partial charge on any atom is 0.408 e. The van der Waals surface area contributed by atoms with Crippen molar-refractivity contribution in [2.75, 3.05) is 7.05 Å². The molecule has 4 N–H and O–H groups in total. The van der Waals surface area contributed by atoms with Gasteiger partial charge in [0.1, 0.15) is 17.7 Å².